The lowest BCUT2D eigenvalue weighted by Gasteiger charge is -2.10. The van der Waals surface area contributed by atoms with Crippen LogP contribution < -0.4 is 9.46 Å². The number of sulfonamides is 1. The standard InChI is InChI=1S/C13H21NO5S/c1-18-8-4-3-7-14-20(16,17)12-5-6-13(19-2)11(9-12)10-15/h5-6,9,14-15H,3-4,7-8,10H2,1-2H3. The van der Waals surface area contributed by atoms with Gasteiger partial charge in [-0.15, -0.1) is 0 Å². The van der Waals surface area contributed by atoms with Gasteiger partial charge in [-0.05, 0) is 31.0 Å². The first-order valence-electron chi connectivity index (χ1n) is 6.31. The normalized spacial score (nSPS) is 11.6. The number of unbranched alkanes of at least 4 members (excludes halogenated alkanes) is 1. The molecule has 0 fully saturated rings. The maximum absolute atomic E-state index is 12.1. The molecule has 2 N–H and O–H groups in total. The summed E-state index contributed by atoms with van der Waals surface area (Å²) in [5.41, 5.74) is 0.440. The first-order chi connectivity index (χ1) is 9.55. The molecule has 114 valence electrons. The van der Waals surface area contributed by atoms with Crippen LogP contribution in [-0.4, -0.2) is 40.9 Å². The molecule has 0 spiro atoms. The summed E-state index contributed by atoms with van der Waals surface area (Å²) in [5.74, 6) is 0.464. The Morgan fingerprint density at radius 3 is 2.60 bits per heavy atom. The fourth-order valence-corrected chi connectivity index (χ4v) is 2.83. The maximum atomic E-state index is 12.1. The molecule has 0 aliphatic rings. The van der Waals surface area contributed by atoms with E-state index < -0.39 is 10.0 Å². The SMILES string of the molecule is COCCCCNS(=O)(=O)c1ccc(OC)c(CO)c1. The van der Waals surface area contributed by atoms with Crippen molar-refractivity contribution in [2.24, 2.45) is 0 Å². The van der Waals surface area contributed by atoms with E-state index >= 15 is 0 Å². The molecule has 1 aromatic carbocycles. The number of hydrogen-bond acceptors (Lipinski definition) is 5. The van der Waals surface area contributed by atoms with Crippen LogP contribution in [0.4, 0.5) is 0 Å². The summed E-state index contributed by atoms with van der Waals surface area (Å²) in [7, 11) is -0.484. The van der Waals surface area contributed by atoms with Gasteiger partial charge < -0.3 is 14.6 Å². The first kappa shape index (κ1) is 16.9. The van der Waals surface area contributed by atoms with Crippen molar-refractivity contribution < 1.29 is 23.0 Å². The predicted molar refractivity (Wildman–Crippen MR) is 75.2 cm³/mol. The van der Waals surface area contributed by atoms with Crippen molar-refractivity contribution in [3.63, 3.8) is 0 Å². The van der Waals surface area contributed by atoms with Crippen molar-refractivity contribution in [2.75, 3.05) is 27.4 Å². The van der Waals surface area contributed by atoms with E-state index in [1.807, 2.05) is 0 Å². The minimum atomic E-state index is -3.56. The van der Waals surface area contributed by atoms with Gasteiger partial charge in [0.25, 0.3) is 0 Å². The van der Waals surface area contributed by atoms with Gasteiger partial charge in [-0.25, -0.2) is 13.1 Å². The van der Waals surface area contributed by atoms with Crippen LogP contribution in [0, 0.1) is 0 Å². The predicted octanol–water partition coefficient (Wildman–Crippen LogP) is 0.892. The van der Waals surface area contributed by atoms with Gasteiger partial charge in [-0.3, -0.25) is 0 Å². The molecule has 0 aliphatic carbocycles. The molecule has 0 heterocycles. The first-order valence-corrected chi connectivity index (χ1v) is 7.80. The molecular formula is C13H21NO5S. The molecule has 0 radical (unpaired) electrons. The molecule has 0 aliphatic heterocycles. The van der Waals surface area contributed by atoms with E-state index in [0.29, 0.717) is 30.9 Å². The Kier molecular flexibility index (Phi) is 6.94. The topological polar surface area (TPSA) is 84.9 Å². The minimum Gasteiger partial charge on any atom is -0.496 e. The van der Waals surface area contributed by atoms with Crippen molar-refractivity contribution >= 4 is 10.0 Å². The Hall–Kier alpha value is -1.15. The van der Waals surface area contributed by atoms with E-state index in [1.165, 1.54) is 25.3 Å². The van der Waals surface area contributed by atoms with Crippen molar-refractivity contribution in [3.05, 3.63) is 23.8 Å². The Bertz CT molecular complexity index is 515. The third kappa shape index (κ3) is 4.75. The second-order valence-electron chi connectivity index (χ2n) is 4.23. The molecule has 20 heavy (non-hydrogen) atoms. The lowest BCUT2D eigenvalue weighted by atomic mass is 10.2. The molecular weight excluding hydrogens is 282 g/mol. The van der Waals surface area contributed by atoms with Gasteiger partial charge in [0.1, 0.15) is 5.75 Å². The summed E-state index contributed by atoms with van der Waals surface area (Å²) in [6.45, 7) is 0.686. The number of aliphatic hydroxyl groups is 1. The summed E-state index contributed by atoms with van der Waals surface area (Å²) >= 11 is 0. The lowest BCUT2D eigenvalue weighted by Crippen LogP contribution is -2.25. The number of aliphatic hydroxyl groups excluding tert-OH is 1. The molecule has 6 nitrogen and oxygen atoms in total. The highest BCUT2D eigenvalue weighted by Crippen LogP contribution is 2.22. The van der Waals surface area contributed by atoms with Crippen LogP contribution in [0.25, 0.3) is 0 Å². The molecule has 1 rings (SSSR count). The van der Waals surface area contributed by atoms with E-state index in [4.69, 9.17) is 9.47 Å². The van der Waals surface area contributed by atoms with Crippen molar-refractivity contribution in [3.8, 4) is 5.75 Å². The quantitative estimate of drug-likeness (QED) is 0.662. The van der Waals surface area contributed by atoms with Gasteiger partial charge in [0.15, 0.2) is 0 Å². The smallest absolute Gasteiger partial charge is 0.240 e. The van der Waals surface area contributed by atoms with E-state index in [0.717, 1.165) is 6.42 Å². The van der Waals surface area contributed by atoms with Gasteiger partial charge >= 0.3 is 0 Å². The fraction of sp³-hybridized carbons (Fsp3) is 0.538. The highest BCUT2D eigenvalue weighted by molar-refractivity contribution is 7.89. The maximum Gasteiger partial charge on any atom is 0.240 e. The van der Waals surface area contributed by atoms with Crippen LogP contribution in [0.3, 0.4) is 0 Å². The molecule has 0 atom stereocenters. The van der Waals surface area contributed by atoms with E-state index in [9.17, 15) is 13.5 Å². The number of rotatable bonds is 9. The number of hydrogen-bond donors (Lipinski definition) is 2. The molecule has 0 aromatic heterocycles. The van der Waals surface area contributed by atoms with E-state index in [-0.39, 0.29) is 11.5 Å². The highest BCUT2D eigenvalue weighted by atomic mass is 32.2. The van der Waals surface area contributed by atoms with Crippen LogP contribution in [0.1, 0.15) is 18.4 Å². The third-order valence-corrected chi connectivity index (χ3v) is 4.26. The number of methoxy groups -OCH3 is 2. The average Bonchev–Trinajstić information content (AvgIpc) is 2.46. The molecule has 0 bridgehead atoms. The largest absolute Gasteiger partial charge is 0.496 e. The van der Waals surface area contributed by atoms with E-state index in [1.54, 1.807) is 7.11 Å². The van der Waals surface area contributed by atoms with Crippen molar-refractivity contribution in [2.45, 2.75) is 24.3 Å². The number of nitrogens with one attached hydrogen (secondary N) is 1. The molecule has 1 aromatic rings. The Morgan fingerprint density at radius 2 is 2.00 bits per heavy atom. The average molecular weight is 303 g/mol. The molecule has 0 unspecified atom stereocenters. The lowest BCUT2D eigenvalue weighted by molar-refractivity contribution is 0.193. The van der Waals surface area contributed by atoms with Crippen LogP contribution in [0.5, 0.6) is 5.75 Å². The summed E-state index contributed by atoms with van der Waals surface area (Å²) < 4.78 is 36.6. The Balaban J connectivity index is 2.72. The number of ether oxygens (including phenoxy) is 2. The Morgan fingerprint density at radius 1 is 1.25 bits per heavy atom. The Labute approximate surface area is 119 Å². The van der Waals surface area contributed by atoms with Gasteiger partial charge in [0, 0.05) is 25.8 Å². The van der Waals surface area contributed by atoms with Crippen LogP contribution in [0.2, 0.25) is 0 Å². The van der Waals surface area contributed by atoms with Crippen LogP contribution >= 0.6 is 0 Å². The van der Waals surface area contributed by atoms with Gasteiger partial charge in [-0.2, -0.15) is 0 Å². The summed E-state index contributed by atoms with van der Waals surface area (Å²) in [6, 6.07) is 4.40. The summed E-state index contributed by atoms with van der Waals surface area (Å²) in [4.78, 5) is 0.120. The fourth-order valence-electron chi connectivity index (χ4n) is 1.71. The van der Waals surface area contributed by atoms with Gasteiger partial charge in [0.05, 0.1) is 18.6 Å². The molecule has 7 heteroatoms. The third-order valence-electron chi connectivity index (χ3n) is 2.80. The summed E-state index contributed by atoms with van der Waals surface area (Å²) in [5, 5.41) is 9.20. The van der Waals surface area contributed by atoms with E-state index in [2.05, 4.69) is 4.72 Å². The van der Waals surface area contributed by atoms with Crippen LogP contribution in [0.15, 0.2) is 23.1 Å². The number of benzene rings is 1. The molecule has 0 saturated heterocycles. The zero-order valence-electron chi connectivity index (χ0n) is 11.8. The second-order valence-corrected chi connectivity index (χ2v) is 6.00. The molecule has 0 saturated carbocycles. The van der Waals surface area contributed by atoms with Crippen molar-refractivity contribution in [1.29, 1.82) is 0 Å². The van der Waals surface area contributed by atoms with Crippen molar-refractivity contribution in [1.82, 2.24) is 4.72 Å². The monoisotopic (exact) mass is 303 g/mol. The highest BCUT2D eigenvalue weighted by Gasteiger charge is 2.15. The van der Waals surface area contributed by atoms with Gasteiger partial charge in [0.2, 0.25) is 10.0 Å². The minimum absolute atomic E-state index is 0.120. The van der Waals surface area contributed by atoms with Gasteiger partial charge in [-0.1, -0.05) is 0 Å². The second kappa shape index (κ2) is 8.21. The van der Waals surface area contributed by atoms with Crippen LogP contribution in [-0.2, 0) is 21.4 Å². The summed E-state index contributed by atoms with van der Waals surface area (Å²) in [6.07, 6.45) is 1.50. The zero-order valence-corrected chi connectivity index (χ0v) is 12.6. The molecule has 0 amide bonds. The zero-order chi connectivity index (χ0) is 15.0.